The molecule has 5 N–H and O–H groups in total. The maximum Gasteiger partial charge on any atom is 0.256 e. The van der Waals surface area contributed by atoms with Crippen LogP contribution in [0, 0.1) is 5.41 Å². The molecule has 33 heavy (non-hydrogen) atoms. The number of aliphatic hydroxyl groups is 1. The van der Waals surface area contributed by atoms with Gasteiger partial charge >= 0.3 is 0 Å². The Balaban J connectivity index is 1.29. The summed E-state index contributed by atoms with van der Waals surface area (Å²) in [6, 6.07) is 15.7. The highest BCUT2D eigenvalue weighted by Gasteiger charge is 2.56. The molecule has 0 radical (unpaired) electrons. The molecule has 8 nitrogen and oxygen atoms in total. The lowest BCUT2D eigenvalue weighted by Crippen LogP contribution is -2.35. The molecule has 166 valence electrons. The van der Waals surface area contributed by atoms with E-state index < -0.39 is 5.41 Å². The number of rotatable bonds is 6. The van der Waals surface area contributed by atoms with Gasteiger partial charge in [0.05, 0.1) is 17.9 Å². The monoisotopic (exact) mass is 442 g/mol. The van der Waals surface area contributed by atoms with Crippen molar-refractivity contribution in [2.75, 3.05) is 16.0 Å². The normalized spacial score (nSPS) is 16.8. The van der Waals surface area contributed by atoms with Crippen molar-refractivity contribution in [1.82, 2.24) is 4.98 Å². The second-order valence-electron chi connectivity index (χ2n) is 8.24. The van der Waals surface area contributed by atoms with Gasteiger partial charge in [0.25, 0.3) is 5.91 Å². The lowest BCUT2D eigenvalue weighted by atomic mass is 10.0. The van der Waals surface area contributed by atoms with Crippen molar-refractivity contribution in [3.05, 3.63) is 77.6 Å². The first kappa shape index (κ1) is 20.7. The van der Waals surface area contributed by atoms with Crippen molar-refractivity contribution in [2.45, 2.75) is 19.4 Å². The van der Waals surface area contributed by atoms with Gasteiger partial charge in [-0.15, -0.1) is 0 Å². The molecular formula is C25H22N4O4. The summed E-state index contributed by atoms with van der Waals surface area (Å²) in [7, 11) is 0. The maximum atomic E-state index is 13.0. The summed E-state index contributed by atoms with van der Waals surface area (Å²) in [5.74, 6) is -0.950. The molecule has 5 rings (SSSR count). The third kappa shape index (κ3) is 3.92. The highest BCUT2D eigenvalue weighted by molar-refractivity contribution is 6.35. The van der Waals surface area contributed by atoms with E-state index in [-0.39, 0.29) is 24.3 Å². The van der Waals surface area contributed by atoms with Gasteiger partial charge in [-0.3, -0.25) is 14.4 Å². The number of aliphatic hydroxyl groups excluding tert-OH is 1. The van der Waals surface area contributed by atoms with Crippen LogP contribution in [0.1, 0.15) is 29.7 Å². The number of amides is 3. The largest absolute Gasteiger partial charge is 0.392 e. The van der Waals surface area contributed by atoms with Crippen LogP contribution in [0.15, 0.2) is 60.8 Å². The lowest BCUT2D eigenvalue weighted by Gasteiger charge is -2.16. The molecule has 1 aromatic heterocycles. The smallest absolute Gasteiger partial charge is 0.256 e. The van der Waals surface area contributed by atoms with Gasteiger partial charge in [-0.1, -0.05) is 18.2 Å². The zero-order chi connectivity index (χ0) is 23.0. The predicted octanol–water partition coefficient (Wildman–Crippen LogP) is 3.36. The zero-order valence-electron chi connectivity index (χ0n) is 17.6. The molecule has 0 spiro atoms. The standard InChI is InChI=1S/C25H22N4O4/c30-14-15-3-5-16(6-4-15)27-23(32)25(9-10-25)24(33)28-18-7-8-19-20(12-17-2-1-11-26-17)22(31)29-21(19)13-18/h1-8,11-13,26,30H,9-10,14H2,(H,27,32)(H,28,33)(H,29,31)/b20-12-. The van der Waals surface area contributed by atoms with Crippen LogP contribution in [0.3, 0.4) is 0 Å². The second-order valence-corrected chi connectivity index (χ2v) is 8.24. The van der Waals surface area contributed by atoms with E-state index in [1.165, 1.54) is 0 Å². The Morgan fingerprint density at radius 3 is 2.33 bits per heavy atom. The summed E-state index contributed by atoms with van der Waals surface area (Å²) in [4.78, 5) is 41.2. The minimum absolute atomic E-state index is 0.0783. The minimum Gasteiger partial charge on any atom is -0.392 e. The van der Waals surface area contributed by atoms with E-state index in [4.69, 9.17) is 5.11 Å². The Morgan fingerprint density at radius 1 is 1.00 bits per heavy atom. The van der Waals surface area contributed by atoms with Crippen molar-refractivity contribution in [1.29, 1.82) is 0 Å². The molecule has 2 heterocycles. The molecule has 1 aliphatic carbocycles. The van der Waals surface area contributed by atoms with E-state index in [2.05, 4.69) is 20.9 Å². The van der Waals surface area contributed by atoms with Crippen molar-refractivity contribution < 1.29 is 19.5 Å². The van der Waals surface area contributed by atoms with E-state index in [1.807, 2.05) is 12.1 Å². The number of anilines is 3. The molecular weight excluding hydrogens is 420 g/mol. The van der Waals surface area contributed by atoms with Crippen LogP contribution >= 0.6 is 0 Å². The molecule has 3 amide bonds. The summed E-state index contributed by atoms with van der Waals surface area (Å²) in [6.07, 6.45) is 4.48. The topological polar surface area (TPSA) is 123 Å². The summed E-state index contributed by atoms with van der Waals surface area (Å²) >= 11 is 0. The molecule has 0 unspecified atom stereocenters. The molecule has 0 atom stereocenters. The highest BCUT2D eigenvalue weighted by atomic mass is 16.3. The lowest BCUT2D eigenvalue weighted by molar-refractivity contribution is -0.131. The maximum absolute atomic E-state index is 13.0. The average Bonchev–Trinajstić information content (AvgIpc) is 3.37. The zero-order valence-corrected chi connectivity index (χ0v) is 17.6. The fraction of sp³-hybridized carbons (Fsp3) is 0.160. The number of hydrogen-bond acceptors (Lipinski definition) is 4. The van der Waals surface area contributed by atoms with Crippen LogP contribution in [-0.2, 0) is 21.0 Å². The number of nitrogens with one attached hydrogen (secondary N) is 4. The Labute approximate surface area is 189 Å². The fourth-order valence-corrected chi connectivity index (χ4v) is 3.88. The molecule has 0 bridgehead atoms. The molecule has 8 heteroatoms. The molecule has 1 fully saturated rings. The highest BCUT2D eigenvalue weighted by Crippen LogP contribution is 2.48. The fourth-order valence-electron chi connectivity index (χ4n) is 3.88. The summed E-state index contributed by atoms with van der Waals surface area (Å²) in [5.41, 5.74) is 3.41. The molecule has 1 aliphatic heterocycles. The number of H-pyrrole nitrogens is 1. The SMILES string of the molecule is O=C1Nc2cc(NC(=O)C3(C(=O)Nc4ccc(CO)cc4)CC3)ccc2/C1=C/c1ccc[nH]1. The van der Waals surface area contributed by atoms with Gasteiger partial charge in [-0.2, -0.15) is 0 Å². The third-order valence-electron chi connectivity index (χ3n) is 6.00. The third-order valence-corrected chi connectivity index (χ3v) is 6.00. The minimum atomic E-state index is -1.11. The van der Waals surface area contributed by atoms with Gasteiger partial charge in [-0.25, -0.2) is 0 Å². The first-order chi connectivity index (χ1) is 16.0. The van der Waals surface area contributed by atoms with Crippen molar-refractivity contribution >= 4 is 46.4 Å². The van der Waals surface area contributed by atoms with Crippen LogP contribution in [0.2, 0.25) is 0 Å². The molecule has 2 aliphatic rings. The average molecular weight is 442 g/mol. The van der Waals surface area contributed by atoms with Crippen LogP contribution in [0.25, 0.3) is 11.6 Å². The van der Waals surface area contributed by atoms with Gasteiger partial charge in [0, 0.05) is 28.8 Å². The molecule has 1 saturated carbocycles. The van der Waals surface area contributed by atoms with Gasteiger partial charge in [0.15, 0.2) is 0 Å². The van der Waals surface area contributed by atoms with Gasteiger partial charge in [0.1, 0.15) is 5.41 Å². The number of fused-ring (bicyclic) bond motifs is 1. The van der Waals surface area contributed by atoms with E-state index in [1.54, 1.807) is 54.7 Å². The van der Waals surface area contributed by atoms with E-state index in [0.29, 0.717) is 35.5 Å². The van der Waals surface area contributed by atoms with Gasteiger partial charge in [-0.05, 0) is 60.9 Å². The Morgan fingerprint density at radius 2 is 1.70 bits per heavy atom. The van der Waals surface area contributed by atoms with Crippen LogP contribution in [0.4, 0.5) is 17.1 Å². The molecule has 3 aromatic rings. The van der Waals surface area contributed by atoms with Crippen molar-refractivity contribution in [2.24, 2.45) is 5.41 Å². The van der Waals surface area contributed by atoms with Crippen molar-refractivity contribution in [3.8, 4) is 0 Å². The number of aromatic nitrogens is 1. The first-order valence-corrected chi connectivity index (χ1v) is 10.6. The van der Waals surface area contributed by atoms with Crippen LogP contribution in [0.5, 0.6) is 0 Å². The number of hydrogen-bond donors (Lipinski definition) is 5. The Bertz CT molecular complexity index is 1270. The molecule has 0 saturated heterocycles. The Hall–Kier alpha value is -4.17. The summed E-state index contributed by atoms with van der Waals surface area (Å²) in [6.45, 7) is -0.0783. The van der Waals surface area contributed by atoms with Crippen molar-refractivity contribution in [3.63, 3.8) is 0 Å². The Kier molecular flexibility index (Phi) is 5.07. The van der Waals surface area contributed by atoms with Gasteiger partial charge < -0.3 is 26.0 Å². The first-order valence-electron chi connectivity index (χ1n) is 10.6. The van der Waals surface area contributed by atoms with Gasteiger partial charge in [0.2, 0.25) is 11.8 Å². The second kappa shape index (κ2) is 8.07. The molecule has 2 aromatic carbocycles. The predicted molar refractivity (Wildman–Crippen MR) is 125 cm³/mol. The number of benzene rings is 2. The van der Waals surface area contributed by atoms with E-state index in [9.17, 15) is 14.4 Å². The number of carbonyl (C=O) groups excluding carboxylic acids is 3. The van der Waals surface area contributed by atoms with E-state index >= 15 is 0 Å². The van der Waals surface area contributed by atoms with E-state index in [0.717, 1.165) is 16.8 Å². The number of carbonyl (C=O) groups is 3. The number of aromatic amines is 1. The summed E-state index contributed by atoms with van der Waals surface area (Å²) < 4.78 is 0. The van der Waals surface area contributed by atoms with Crippen LogP contribution < -0.4 is 16.0 Å². The summed E-state index contributed by atoms with van der Waals surface area (Å²) in [5, 5.41) is 17.6. The van der Waals surface area contributed by atoms with Crippen LogP contribution in [-0.4, -0.2) is 27.8 Å². The quantitative estimate of drug-likeness (QED) is 0.297.